The molecule has 0 atom stereocenters. The molecule has 0 aliphatic rings. The second-order valence-corrected chi connectivity index (χ2v) is 3.28. The molecule has 0 radical (unpaired) electrons. The van der Waals surface area contributed by atoms with Crippen molar-refractivity contribution >= 4 is 22.6 Å². The van der Waals surface area contributed by atoms with Gasteiger partial charge in [-0.2, -0.15) is 0 Å². The summed E-state index contributed by atoms with van der Waals surface area (Å²) in [5.74, 6) is 2.48. The molecule has 0 spiro atoms. The van der Waals surface area contributed by atoms with E-state index in [1.165, 1.54) is 0 Å². The summed E-state index contributed by atoms with van der Waals surface area (Å²) in [6, 6.07) is 3.65. The van der Waals surface area contributed by atoms with Crippen LogP contribution in [-0.2, 0) is 5.88 Å². The molecular weight excluding hydrogens is 216 g/mol. The van der Waals surface area contributed by atoms with Gasteiger partial charge in [0.2, 0.25) is 0 Å². The molecule has 0 aliphatic heterocycles. The first-order valence-electron chi connectivity index (χ1n) is 4.45. The average molecular weight is 227 g/mol. The molecular formula is C10H11ClN2O2. The molecule has 4 nitrogen and oxygen atoms in total. The molecule has 0 fully saturated rings. The van der Waals surface area contributed by atoms with Gasteiger partial charge in [-0.1, -0.05) is 0 Å². The van der Waals surface area contributed by atoms with E-state index in [1.54, 1.807) is 14.2 Å². The Labute approximate surface area is 92.2 Å². The van der Waals surface area contributed by atoms with E-state index < -0.39 is 0 Å². The van der Waals surface area contributed by atoms with Crippen molar-refractivity contribution in [2.45, 2.75) is 5.88 Å². The fourth-order valence-corrected chi connectivity index (χ4v) is 1.62. The zero-order valence-electron chi connectivity index (χ0n) is 8.50. The van der Waals surface area contributed by atoms with Crippen LogP contribution < -0.4 is 9.47 Å². The van der Waals surface area contributed by atoms with Crippen molar-refractivity contribution in [3.05, 3.63) is 18.0 Å². The molecule has 15 heavy (non-hydrogen) atoms. The number of hydrogen-bond donors (Lipinski definition) is 1. The van der Waals surface area contributed by atoms with E-state index in [0.29, 0.717) is 17.5 Å². The molecule has 80 valence electrons. The van der Waals surface area contributed by atoms with Crippen molar-refractivity contribution in [2.75, 3.05) is 14.2 Å². The molecule has 0 saturated carbocycles. The Hall–Kier alpha value is -1.42. The van der Waals surface area contributed by atoms with Crippen molar-refractivity contribution < 1.29 is 9.47 Å². The molecule has 0 saturated heterocycles. The Morgan fingerprint density at radius 2 is 1.93 bits per heavy atom. The highest BCUT2D eigenvalue weighted by atomic mass is 35.5. The lowest BCUT2D eigenvalue weighted by Gasteiger charge is -2.04. The van der Waals surface area contributed by atoms with Gasteiger partial charge >= 0.3 is 0 Å². The summed E-state index contributed by atoms with van der Waals surface area (Å²) in [6.45, 7) is 0. The molecule has 0 amide bonds. The van der Waals surface area contributed by atoms with Crippen LogP contribution in [0.1, 0.15) is 5.82 Å². The highest BCUT2D eigenvalue weighted by Gasteiger charge is 2.11. The van der Waals surface area contributed by atoms with Gasteiger partial charge in [-0.25, -0.2) is 4.98 Å². The maximum atomic E-state index is 5.71. The minimum atomic E-state index is 0.334. The van der Waals surface area contributed by atoms with E-state index in [4.69, 9.17) is 21.1 Å². The third-order valence-corrected chi connectivity index (χ3v) is 2.44. The van der Waals surface area contributed by atoms with Crippen molar-refractivity contribution in [1.82, 2.24) is 9.97 Å². The molecule has 0 bridgehead atoms. The second kappa shape index (κ2) is 3.98. The Morgan fingerprint density at radius 3 is 2.53 bits per heavy atom. The second-order valence-electron chi connectivity index (χ2n) is 3.01. The number of alkyl halides is 1. The number of rotatable bonds is 3. The lowest BCUT2D eigenvalue weighted by molar-refractivity contribution is 0.409. The number of methoxy groups -OCH3 is 2. The Balaban J connectivity index is 2.71. The summed E-state index contributed by atoms with van der Waals surface area (Å²) in [7, 11) is 3.22. The summed E-state index contributed by atoms with van der Waals surface area (Å²) < 4.78 is 10.4. The summed E-state index contributed by atoms with van der Waals surface area (Å²) in [5, 5.41) is 0. The summed E-state index contributed by atoms with van der Waals surface area (Å²) in [6.07, 6.45) is 0. The summed E-state index contributed by atoms with van der Waals surface area (Å²) in [4.78, 5) is 7.41. The van der Waals surface area contributed by atoms with Crippen LogP contribution in [0.25, 0.3) is 11.0 Å². The number of nitrogens with one attached hydrogen (secondary N) is 1. The topological polar surface area (TPSA) is 47.1 Å². The first-order valence-corrected chi connectivity index (χ1v) is 4.99. The van der Waals surface area contributed by atoms with Gasteiger partial charge in [-0.15, -0.1) is 11.6 Å². The van der Waals surface area contributed by atoms with E-state index in [1.807, 2.05) is 12.1 Å². The first-order chi connectivity index (χ1) is 7.30. The monoisotopic (exact) mass is 226 g/mol. The van der Waals surface area contributed by atoms with Crippen LogP contribution in [0, 0.1) is 0 Å². The number of ether oxygens (including phenoxy) is 2. The van der Waals surface area contributed by atoms with Crippen LogP contribution in [0.2, 0.25) is 0 Å². The molecule has 1 heterocycles. The molecule has 1 aromatic carbocycles. The van der Waals surface area contributed by atoms with Crippen molar-refractivity contribution in [3.8, 4) is 11.5 Å². The number of imidazole rings is 1. The number of hydrogen-bond acceptors (Lipinski definition) is 3. The van der Waals surface area contributed by atoms with Crippen LogP contribution >= 0.6 is 11.6 Å². The fraction of sp³-hybridized carbons (Fsp3) is 0.300. The van der Waals surface area contributed by atoms with E-state index in [0.717, 1.165) is 16.8 Å². The Morgan fingerprint density at radius 1 is 1.27 bits per heavy atom. The van der Waals surface area contributed by atoms with Crippen LogP contribution in [0.15, 0.2) is 12.1 Å². The number of nitrogens with zero attached hydrogens (tertiary/aromatic N) is 1. The molecule has 5 heteroatoms. The molecule has 0 aliphatic carbocycles. The van der Waals surface area contributed by atoms with Gasteiger partial charge in [0.05, 0.1) is 20.1 Å². The maximum absolute atomic E-state index is 5.71. The quantitative estimate of drug-likeness (QED) is 0.817. The summed E-state index contributed by atoms with van der Waals surface area (Å²) >= 11 is 5.71. The number of fused-ring (bicyclic) bond motifs is 1. The normalized spacial score (nSPS) is 10.6. The zero-order valence-corrected chi connectivity index (χ0v) is 9.26. The van der Waals surface area contributed by atoms with Crippen LogP contribution in [-0.4, -0.2) is 24.2 Å². The molecule has 2 rings (SSSR count). The zero-order chi connectivity index (χ0) is 10.8. The lowest BCUT2D eigenvalue weighted by atomic mass is 10.2. The number of benzene rings is 1. The van der Waals surface area contributed by atoms with E-state index in [2.05, 4.69) is 9.97 Å². The van der Waals surface area contributed by atoms with Gasteiger partial charge in [0, 0.05) is 0 Å². The van der Waals surface area contributed by atoms with Gasteiger partial charge in [-0.05, 0) is 12.1 Å². The third kappa shape index (κ3) is 1.61. The van der Waals surface area contributed by atoms with Gasteiger partial charge in [0.15, 0.2) is 0 Å². The van der Waals surface area contributed by atoms with Gasteiger partial charge < -0.3 is 14.5 Å². The molecule has 2 aromatic rings. The maximum Gasteiger partial charge on any atom is 0.146 e. The number of aromatic amines is 1. The highest BCUT2D eigenvalue weighted by molar-refractivity contribution is 6.16. The van der Waals surface area contributed by atoms with Crippen molar-refractivity contribution in [2.24, 2.45) is 0 Å². The molecule has 1 aromatic heterocycles. The predicted octanol–water partition coefficient (Wildman–Crippen LogP) is 2.32. The number of halogens is 1. The van der Waals surface area contributed by atoms with Crippen molar-refractivity contribution in [3.63, 3.8) is 0 Å². The van der Waals surface area contributed by atoms with Crippen LogP contribution in [0.3, 0.4) is 0 Å². The van der Waals surface area contributed by atoms with E-state index >= 15 is 0 Å². The number of aromatic nitrogens is 2. The summed E-state index contributed by atoms with van der Waals surface area (Å²) in [5.41, 5.74) is 1.56. The van der Waals surface area contributed by atoms with E-state index in [9.17, 15) is 0 Å². The Kier molecular flexibility index (Phi) is 2.68. The van der Waals surface area contributed by atoms with Gasteiger partial charge in [-0.3, -0.25) is 0 Å². The van der Waals surface area contributed by atoms with Crippen LogP contribution in [0.5, 0.6) is 11.5 Å². The minimum absolute atomic E-state index is 0.334. The highest BCUT2D eigenvalue weighted by Crippen LogP contribution is 2.31. The van der Waals surface area contributed by atoms with Gasteiger partial charge in [0.25, 0.3) is 0 Å². The Bertz CT molecular complexity index is 440. The SMILES string of the molecule is COc1ccc(OC)c2[nH]c(CCl)nc12. The van der Waals surface area contributed by atoms with Crippen LogP contribution in [0.4, 0.5) is 0 Å². The third-order valence-electron chi connectivity index (χ3n) is 2.19. The largest absolute Gasteiger partial charge is 0.494 e. The van der Waals surface area contributed by atoms with E-state index in [-0.39, 0.29) is 0 Å². The molecule has 1 N–H and O–H groups in total. The number of H-pyrrole nitrogens is 1. The molecule has 0 unspecified atom stereocenters. The smallest absolute Gasteiger partial charge is 0.146 e. The first kappa shape index (κ1) is 10.1. The van der Waals surface area contributed by atoms with Crippen molar-refractivity contribution in [1.29, 1.82) is 0 Å². The standard InChI is InChI=1S/C10H11ClN2O2/c1-14-6-3-4-7(15-2)10-9(6)12-8(5-11)13-10/h3-4H,5H2,1-2H3,(H,12,13). The predicted molar refractivity (Wildman–Crippen MR) is 58.8 cm³/mol. The fourth-order valence-electron chi connectivity index (χ4n) is 1.49. The lowest BCUT2D eigenvalue weighted by Crippen LogP contribution is -1.88. The minimum Gasteiger partial charge on any atom is -0.494 e. The van der Waals surface area contributed by atoms with Gasteiger partial charge in [0.1, 0.15) is 28.4 Å². The average Bonchev–Trinajstić information content (AvgIpc) is 2.71.